The average Bonchev–Trinajstić information content (AvgIpc) is 2.71. The molecule has 1 heterocycles. The Morgan fingerprint density at radius 1 is 1.29 bits per heavy atom. The number of benzene rings is 1. The van der Waals surface area contributed by atoms with Gasteiger partial charge in [0.1, 0.15) is 5.75 Å². The second-order valence-corrected chi connectivity index (χ2v) is 4.18. The minimum Gasteiger partial charge on any atom is -0.497 e. The van der Waals surface area contributed by atoms with Crippen molar-refractivity contribution in [2.75, 3.05) is 20.8 Å². The van der Waals surface area contributed by atoms with Gasteiger partial charge in [-0.3, -0.25) is 5.43 Å². The summed E-state index contributed by atoms with van der Waals surface area (Å²) in [5.41, 5.74) is 13.4. The van der Waals surface area contributed by atoms with Crippen LogP contribution < -0.4 is 21.3 Å². The maximum atomic E-state index is 6.05. The Hall–Kier alpha value is -1.14. The first-order chi connectivity index (χ1) is 8.26. The standard InChI is InChI=1S/C12H19N3O2/c1-16-7-10-11(12(13)15-14-10)8-4-3-5-9(6-8)17-2/h3-6,10-12,14-15H,7,13H2,1-2H3. The number of hydrogen-bond donors (Lipinski definition) is 3. The Morgan fingerprint density at radius 3 is 2.82 bits per heavy atom. The Balaban J connectivity index is 2.22. The quantitative estimate of drug-likeness (QED) is 0.697. The summed E-state index contributed by atoms with van der Waals surface area (Å²) in [6, 6.07) is 8.15. The fourth-order valence-electron chi connectivity index (χ4n) is 2.25. The van der Waals surface area contributed by atoms with Crippen molar-refractivity contribution >= 4 is 0 Å². The van der Waals surface area contributed by atoms with Gasteiger partial charge in [0.25, 0.3) is 0 Å². The van der Waals surface area contributed by atoms with Crippen LogP contribution in [0.1, 0.15) is 11.5 Å². The van der Waals surface area contributed by atoms with Crippen LogP contribution in [0.2, 0.25) is 0 Å². The van der Waals surface area contributed by atoms with Crippen LogP contribution in [0.15, 0.2) is 24.3 Å². The third kappa shape index (κ3) is 2.58. The van der Waals surface area contributed by atoms with Crippen LogP contribution in [0.3, 0.4) is 0 Å². The van der Waals surface area contributed by atoms with Crippen molar-refractivity contribution < 1.29 is 9.47 Å². The molecule has 0 radical (unpaired) electrons. The highest BCUT2D eigenvalue weighted by Crippen LogP contribution is 2.27. The minimum absolute atomic E-state index is 0.123. The zero-order chi connectivity index (χ0) is 12.3. The van der Waals surface area contributed by atoms with Crippen molar-refractivity contribution in [1.82, 2.24) is 10.9 Å². The fraction of sp³-hybridized carbons (Fsp3) is 0.500. The van der Waals surface area contributed by atoms with Gasteiger partial charge in [-0.05, 0) is 17.7 Å². The van der Waals surface area contributed by atoms with E-state index in [2.05, 4.69) is 16.9 Å². The number of rotatable bonds is 4. The molecule has 3 atom stereocenters. The van der Waals surface area contributed by atoms with E-state index in [4.69, 9.17) is 15.2 Å². The number of hydrogen-bond acceptors (Lipinski definition) is 5. The van der Waals surface area contributed by atoms with Gasteiger partial charge in [0.2, 0.25) is 0 Å². The van der Waals surface area contributed by atoms with Crippen LogP contribution in [0.5, 0.6) is 5.75 Å². The second kappa shape index (κ2) is 5.46. The zero-order valence-electron chi connectivity index (χ0n) is 10.1. The van der Waals surface area contributed by atoms with Crippen LogP contribution in [0.4, 0.5) is 0 Å². The molecule has 17 heavy (non-hydrogen) atoms. The largest absolute Gasteiger partial charge is 0.497 e. The van der Waals surface area contributed by atoms with Gasteiger partial charge in [0, 0.05) is 13.0 Å². The van der Waals surface area contributed by atoms with E-state index in [1.807, 2.05) is 18.2 Å². The van der Waals surface area contributed by atoms with Crippen LogP contribution in [0.25, 0.3) is 0 Å². The SMILES string of the molecule is COCC1NNC(N)C1c1cccc(OC)c1. The number of nitrogens with two attached hydrogens (primary N) is 1. The first-order valence-corrected chi connectivity index (χ1v) is 5.65. The average molecular weight is 237 g/mol. The molecule has 1 aromatic rings. The van der Waals surface area contributed by atoms with Crippen molar-refractivity contribution in [2.24, 2.45) is 5.73 Å². The summed E-state index contributed by atoms with van der Waals surface area (Å²) >= 11 is 0. The molecule has 5 nitrogen and oxygen atoms in total. The van der Waals surface area contributed by atoms with Crippen molar-refractivity contribution in [3.63, 3.8) is 0 Å². The van der Waals surface area contributed by atoms with Crippen LogP contribution in [-0.4, -0.2) is 33.0 Å². The van der Waals surface area contributed by atoms with Gasteiger partial charge in [-0.15, -0.1) is 0 Å². The lowest BCUT2D eigenvalue weighted by Crippen LogP contribution is -2.38. The molecule has 0 bridgehead atoms. The van der Waals surface area contributed by atoms with Gasteiger partial charge in [0.05, 0.1) is 25.9 Å². The van der Waals surface area contributed by atoms with E-state index in [0.717, 1.165) is 11.3 Å². The maximum Gasteiger partial charge on any atom is 0.119 e. The minimum atomic E-state index is -0.123. The normalized spacial score (nSPS) is 28.3. The molecule has 1 aliphatic heterocycles. The molecule has 4 N–H and O–H groups in total. The Labute approximate surface area is 101 Å². The van der Waals surface area contributed by atoms with E-state index >= 15 is 0 Å². The van der Waals surface area contributed by atoms with Crippen molar-refractivity contribution in [3.05, 3.63) is 29.8 Å². The van der Waals surface area contributed by atoms with E-state index < -0.39 is 0 Å². The lowest BCUT2D eigenvalue weighted by Gasteiger charge is -2.21. The van der Waals surface area contributed by atoms with E-state index in [-0.39, 0.29) is 18.1 Å². The first-order valence-electron chi connectivity index (χ1n) is 5.65. The molecule has 0 saturated carbocycles. The maximum absolute atomic E-state index is 6.05. The monoisotopic (exact) mass is 237 g/mol. The molecule has 94 valence electrons. The highest BCUT2D eigenvalue weighted by molar-refractivity contribution is 5.33. The van der Waals surface area contributed by atoms with Gasteiger partial charge < -0.3 is 15.2 Å². The topological polar surface area (TPSA) is 68.5 Å². The summed E-state index contributed by atoms with van der Waals surface area (Å²) in [4.78, 5) is 0. The summed E-state index contributed by atoms with van der Waals surface area (Å²) in [6.07, 6.45) is -0.123. The lowest BCUT2D eigenvalue weighted by molar-refractivity contribution is 0.165. The highest BCUT2D eigenvalue weighted by Gasteiger charge is 2.34. The van der Waals surface area contributed by atoms with E-state index in [0.29, 0.717) is 6.61 Å². The highest BCUT2D eigenvalue weighted by atomic mass is 16.5. The van der Waals surface area contributed by atoms with Gasteiger partial charge >= 0.3 is 0 Å². The molecule has 0 amide bonds. The molecule has 0 aliphatic carbocycles. The van der Waals surface area contributed by atoms with Gasteiger partial charge in [-0.1, -0.05) is 12.1 Å². The lowest BCUT2D eigenvalue weighted by atomic mass is 9.91. The molecule has 1 aliphatic rings. The Kier molecular flexibility index (Phi) is 3.96. The summed E-state index contributed by atoms with van der Waals surface area (Å²) in [5.74, 6) is 1.02. The predicted octanol–water partition coefficient (Wildman–Crippen LogP) is 0.186. The number of ether oxygens (including phenoxy) is 2. The van der Waals surface area contributed by atoms with Gasteiger partial charge in [0.15, 0.2) is 0 Å². The molecule has 2 rings (SSSR count). The summed E-state index contributed by atoms with van der Waals surface area (Å²) < 4.78 is 10.4. The Morgan fingerprint density at radius 2 is 2.12 bits per heavy atom. The first kappa shape index (κ1) is 12.3. The molecular weight excluding hydrogens is 218 g/mol. The van der Waals surface area contributed by atoms with Crippen LogP contribution >= 0.6 is 0 Å². The molecule has 0 aromatic heterocycles. The van der Waals surface area contributed by atoms with Crippen molar-refractivity contribution in [3.8, 4) is 5.75 Å². The third-order valence-electron chi connectivity index (χ3n) is 3.08. The van der Waals surface area contributed by atoms with E-state index in [9.17, 15) is 0 Å². The van der Waals surface area contributed by atoms with Gasteiger partial charge in [-0.25, -0.2) is 5.43 Å². The third-order valence-corrected chi connectivity index (χ3v) is 3.08. The van der Waals surface area contributed by atoms with Crippen LogP contribution in [0, 0.1) is 0 Å². The van der Waals surface area contributed by atoms with E-state index in [1.165, 1.54) is 0 Å². The molecule has 1 fully saturated rings. The Bertz CT molecular complexity index is 371. The van der Waals surface area contributed by atoms with Crippen LogP contribution in [-0.2, 0) is 4.74 Å². The molecule has 0 spiro atoms. The summed E-state index contributed by atoms with van der Waals surface area (Å²) in [5, 5.41) is 0. The summed E-state index contributed by atoms with van der Waals surface area (Å²) in [6.45, 7) is 0.614. The number of hydrazine groups is 1. The fourth-order valence-corrected chi connectivity index (χ4v) is 2.25. The number of methoxy groups -OCH3 is 2. The van der Waals surface area contributed by atoms with Crippen molar-refractivity contribution in [1.29, 1.82) is 0 Å². The molecular formula is C12H19N3O2. The molecule has 5 heteroatoms. The van der Waals surface area contributed by atoms with E-state index in [1.54, 1.807) is 14.2 Å². The zero-order valence-corrected chi connectivity index (χ0v) is 10.1. The number of nitrogens with one attached hydrogen (secondary N) is 2. The smallest absolute Gasteiger partial charge is 0.119 e. The van der Waals surface area contributed by atoms with Gasteiger partial charge in [-0.2, -0.15) is 0 Å². The summed E-state index contributed by atoms with van der Waals surface area (Å²) in [7, 11) is 3.35. The molecule has 1 aromatic carbocycles. The molecule has 1 saturated heterocycles. The second-order valence-electron chi connectivity index (χ2n) is 4.18. The molecule has 3 unspecified atom stereocenters. The predicted molar refractivity (Wildman–Crippen MR) is 65.6 cm³/mol. The van der Waals surface area contributed by atoms with Crippen molar-refractivity contribution in [2.45, 2.75) is 18.1 Å².